The SMILES string of the molecule is CC(C)(C)C1CC(=O)N(C2CCC(=O)NC2=O)C1=O. The van der Waals surface area contributed by atoms with Crippen LogP contribution in [0.1, 0.15) is 40.0 Å². The average Bonchev–Trinajstić information content (AvgIpc) is 2.55. The quantitative estimate of drug-likeness (QED) is 0.688. The first-order chi connectivity index (χ1) is 8.71. The normalized spacial score (nSPS) is 28.9. The summed E-state index contributed by atoms with van der Waals surface area (Å²) in [6.07, 6.45) is 0.521. The highest BCUT2D eigenvalue weighted by Gasteiger charge is 2.49. The van der Waals surface area contributed by atoms with E-state index in [1.807, 2.05) is 20.8 Å². The van der Waals surface area contributed by atoms with Crippen LogP contribution in [-0.2, 0) is 19.2 Å². The van der Waals surface area contributed by atoms with E-state index in [2.05, 4.69) is 5.32 Å². The second-order valence-electron chi connectivity index (χ2n) is 6.19. The van der Waals surface area contributed by atoms with Gasteiger partial charge in [-0.25, -0.2) is 0 Å². The van der Waals surface area contributed by atoms with E-state index < -0.39 is 17.9 Å². The molecule has 0 radical (unpaired) electrons. The Hall–Kier alpha value is -1.72. The summed E-state index contributed by atoms with van der Waals surface area (Å²) in [5.41, 5.74) is -0.317. The van der Waals surface area contributed by atoms with Crippen molar-refractivity contribution in [2.24, 2.45) is 11.3 Å². The summed E-state index contributed by atoms with van der Waals surface area (Å²) in [6, 6.07) is -0.829. The van der Waals surface area contributed by atoms with E-state index >= 15 is 0 Å². The number of nitrogens with one attached hydrogen (secondary N) is 1. The van der Waals surface area contributed by atoms with Gasteiger partial charge in [-0.15, -0.1) is 0 Å². The van der Waals surface area contributed by atoms with E-state index in [1.54, 1.807) is 0 Å². The zero-order valence-electron chi connectivity index (χ0n) is 11.4. The lowest BCUT2D eigenvalue weighted by atomic mass is 9.80. The van der Waals surface area contributed by atoms with Crippen molar-refractivity contribution in [2.75, 3.05) is 0 Å². The molecule has 2 heterocycles. The monoisotopic (exact) mass is 266 g/mol. The van der Waals surface area contributed by atoms with Gasteiger partial charge in [0.1, 0.15) is 6.04 Å². The van der Waals surface area contributed by atoms with E-state index in [9.17, 15) is 19.2 Å². The summed E-state index contributed by atoms with van der Waals surface area (Å²) in [4.78, 5) is 48.3. The van der Waals surface area contributed by atoms with Crippen LogP contribution in [0.2, 0.25) is 0 Å². The highest BCUT2D eigenvalue weighted by molar-refractivity contribution is 6.10. The first-order valence-electron chi connectivity index (χ1n) is 6.41. The molecule has 2 atom stereocenters. The van der Waals surface area contributed by atoms with E-state index in [0.29, 0.717) is 0 Å². The Morgan fingerprint density at radius 1 is 1.16 bits per heavy atom. The smallest absolute Gasteiger partial charge is 0.249 e. The molecule has 0 aromatic heterocycles. The number of amides is 4. The second kappa shape index (κ2) is 4.43. The van der Waals surface area contributed by atoms with Crippen LogP contribution in [0.25, 0.3) is 0 Å². The van der Waals surface area contributed by atoms with Crippen LogP contribution >= 0.6 is 0 Å². The Balaban J connectivity index is 2.21. The fourth-order valence-electron chi connectivity index (χ4n) is 2.58. The lowest BCUT2D eigenvalue weighted by Gasteiger charge is -2.30. The number of imide groups is 2. The molecule has 0 aliphatic carbocycles. The molecule has 0 aromatic rings. The molecule has 4 amide bonds. The van der Waals surface area contributed by atoms with Gasteiger partial charge in [-0.2, -0.15) is 0 Å². The minimum atomic E-state index is -0.829. The molecule has 6 heteroatoms. The van der Waals surface area contributed by atoms with Gasteiger partial charge in [-0.1, -0.05) is 20.8 Å². The van der Waals surface area contributed by atoms with Crippen LogP contribution < -0.4 is 5.32 Å². The second-order valence-corrected chi connectivity index (χ2v) is 6.19. The van der Waals surface area contributed by atoms with Crippen LogP contribution in [0.5, 0.6) is 0 Å². The van der Waals surface area contributed by atoms with Crippen molar-refractivity contribution >= 4 is 23.6 Å². The summed E-state index contributed by atoms with van der Waals surface area (Å²) < 4.78 is 0. The first kappa shape index (κ1) is 13.7. The largest absolute Gasteiger partial charge is 0.295 e. The minimum absolute atomic E-state index is 0.139. The number of rotatable bonds is 1. The molecular formula is C13H18N2O4. The molecule has 0 bridgehead atoms. The predicted molar refractivity (Wildman–Crippen MR) is 65.6 cm³/mol. The molecule has 2 aliphatic heterocycles. The van der Waals surface area contributed by atoms with E-state index in [-0.39, 0.29) is 42.4 Å². The highest BCUT2D eigenvalue weighted by Crippen LogP contribution is 2.37. The van der Waals surface area contributed by atoms with Crippen molar-refractivity contribution in [2.45, 2.75) is 46.1 Å². The average molecular weight is 266 g/mol. The summed E-state index contributed by atoms with van der Waals surface area (Å²) in [7, 11) is 0. The number of likely N-dealkylation sites (tertiary alicyclic amines) is 1. The van der Waals surface area contributed by atoms with Gasteiger partial charge in [0.2, 0.25) is 23.6 Å². The fourth-order valence-corrected chi connectivity index (χ4v) is 2.58. The van der Waals surface area contributed by atoms with Crippen molar-refractivity contribution in [3.05, 3.63) is 0 Å². The number of nitrogens with zero attached hydrogens (tertiary/aromatic N) is 1. The Morgan fingerprint density at radius 3 is 2.26 bits per heavy atom. The lowest BCUT2D eigenvalue weighted by molar-refractivity contribution is -0.151. The van der Waals surface area contributed by atoms with Gasteiger partial charge in [0.25, 0.3) is 0 Å². The van der Waals surface area contributed by atoms with Gasteiger partial charge in [0.05, 0.1) is 5.92 Å². The Kier molecular flexibility index (Phi) is 3.20. The third kappa shape index (κ3) is 2.39. The molecule has 2 aliphatic rings. The molecule has 2 saturated heterocycles. The number of piperidine rings is 1. The third-order valence-electron chi connectivity index (χ3n) is 3.75. The van der Waals surface area contributed by atoms with Crippen LogP contribution in [-0.4, -0.2) is 34.6 Å². The lowest BCUT2D eigenvalue weighted by Crippen LogP contribution is -2.54. The first-order valence-corrected chi connectivity index (χ1v) is 6.41. The number of hydrogen-bond acceptors (Lipinski definition) is 4. The molecule has 0 saturated carbocycles. The minimum Gasteiger partial charge on any atom is -0.295 e. The molecule has 2 fully saturated rings. The summed E-state index contributed by atoms with van der Waals surface area (Å²) in [5, 5.41) is 2.18. The highest BCUT2D eigenvalue weighted by atomic mass is 16.2. The topological polar surface area (TPSA) is 83.6 Å². The molecule has 0 aromatic carbocycles. The number of carbonyl (C=O) groups is 4. The van der Waals surface area contributed by atoms with Crippen molar-refractivity contribution in [1.29, 1.82) is 0 Å². The van der Waals surface area contributed by atoms with Gasteiger partial charge >= 0.3 is 0 Å². The summed E-state index contributed by atoms with van der Waals surface area (Å²) in [5.74, 6) is -1.92. The van der Waals surface area contributed by atoms with Gasteiger partial charge in [0, 0.05) is 12.8 Å². The van der Waals surface area contributed by atoms with Crippen molar-refractivity contribution < 1.29 is 19.2 Å². The maximum atomic E-state index is 12.3. The standard InChI is InChI=1S/C13H18N2O4/c1-13(2,3)7-6-10(17)15(12(7)19)8-4-5-9(16)14-11(8)18/h7-8H,4-6H2,1-3H3,(H,14,16,18). The zero-order chi connectivity index (χ0) is 14.4. The molecule has 2 rings (SSSR count). The molecule has 19 heavy (non-hydrogen) atoms. The Labute approximate surface area is 111 Å². The summed E-state index contributed by atoms with van der Waals surface area (Å²) in [6.45, 7) is 5.70. The fraction of sp³-hybridized carbons (Fsp3) is 0.692. The van der Waals surface area contributed by atoms with E-state index in [0.717, 1.165) is 4.90 Å². The Morgan fingerprint density at radius 2 is 1.79 bits per heavy atom. The maximum absolute atomic E-state index is 12.3. The molecular weight excluding hydrogens is 248 g/mol. The van der Waals surface area contributed by atoms with E-state index in [4.69, 9.17) is 0 Å². The van der Waals surface area contributed by atoms with Crippen LogP contribution in [0.4, 0.5) is 0 Å². The Bertz CT molecular complexity index is 464. The third-order valence-corrected chi connectivity index (χ3v) is 3.75. The molecule has 104 valence electrons. The zero-order valence-corrected chi connectivity index (χ0v) is 11.4. The van der Waals surface area contributed by atoms with Crippen LogP contribution in [0, 0.1) is 11.3 Å². The molecule has 6 nitrogen and oxygen atoms in total. The van der Waals surface area contributed by atoms with Crippen molar-refractivity contribution in [3.63, 3.8) is 0 Å². The van der Waals surface area contributed by atoms with Crippen LogP contribution in [0.3, 0.4) is 0 Å². The van der Waals surface area contributed by atoms with Gasteiger partial charge < -0.3 is 0 Å². The number of hydrogen-bond donors (Lipinski definition) is 1. The molecule has 2 unspecified atom stereocenters. The summed E-state index contributed by atoms with van der Waals surface area (Å²) >= 11 is 0. The van der Waals surface area contributed by atoms with Gasteiger partial charge in [-0.05, 0) is 11.8 Å². The van der Waals surface area contributed by atoms with Gasteiger partial charge in [-0.3, -0.25) is 29.4 Å². The van der Waals surface area contributed by atoms with Crippen molar-refractivity contribution in [1.82, 2.24) is 10.2 Å². The maximum Gasteiger partial charge on any atom is 0.249 e. The van der Waals surface area contributed by atoms with Gasteiger partial charge in [0.15, 0.2) is 0 Å². The molecule has 0 spiro atoms. The van der Waals surface area contributed by atoms with Crippen LogP contribution in [0.15, 0.2) is 0 Å². The number of carbonyl (C=O) groups excluding carboxylic acids is 4. The van der Waals surface area contributed by atoms with Crippen molar-refractivity contribution in [3.8, 4) is 0 Å². The molecule has 1 N–H and O–H groups in total. The predicted octanol–water partition coefficient (Wildman–Crippen LogP) is 0.213. The van der Waals surface area contributed by atoms with E-state index in [1.165, 1.54) is 0 Å².